The Labute approximate surface area is 88.1 Å². The fraction of sp³-hybridized carbons (Fsp3) is 1.00. The van der Waals surface area contributed by atoms with E-state index < -0.39 is 0 Å². The molecule has 0 saturated heterocycles. The standard InChI is InChI=1S/C12H23Cl/c1-3-10(2)9-11-7-5-4-6-8-12(11)13/h10-12H,3-9H2,1-2H3. The fourth-order valence-electron chi connectivity index (χ4n) is 2.29. The first-order chi connectivity index (χ1) is 6.24. The van der Waals surface area contributed by atoms with Gasteiger partial charge in [0.25, 0.3) is 0 Å². The number of hydrogen-bond acceptors (Lipinski definition) is 0. The Morgan fingerprint density at radius 1 is 1.23 bits per heavy atom. The van der Waals surface area contributed by atoms with Gasteiger partial charge in [0, 0.05) is 5.38 Å². The van der Waals surface area contributed by atoms with Crippen LogP contribution in [-0.2, 0) is 0 Å². The van der Waals surface area contributed by atoms with Gasteiger partial charge < -0.3 is 0 Å². The summed E-state index contributed by atoms with van der Waals surface area (Å²) >= 11 is 6.39. The third kappa shape index (κ3) is 3.89. The van der Waals surface area contributed by atoms with Crippen molar-refractivity contribution in [2.45, 2.75) is 64.2 Å². The summed E-state index contributed by atoms with van der Waals surface area (Å²) < 4.78 is 0. The minimum atomic E-state index is 0.469. The third-order valence-electron chi connectivity index (χ3n) is 3.47. The Hall–Kier alpha value is 0.290. The average Bonchev–Trinajstić information content (AvgIpc) is 2.32. The van der Waals surface area contributed by atoms with Crippen LogP contribution in [0.4, 0.5) is 0 Å². The molecule has 0 amide bonds. The number of alkyl halides is 1. The van der Waals surface area contributed by atoms with Crippen LogP contribution in [0.3, 0.4) is 0 Å². The zero-order valence-electron chi connectivity index (χ0n) is 9.06. The quantitative estimate of drug-likeness (QED) is 0.463. The van der Waals surface area contributed by atoms with Gasteiger partial charge in [-0.1, -0.05) is 39.5 Å². The molecule has 0 aromatic rings. The highest BCUT2D eigenvalue weighted by Crippen LogP contribution is 2.32. The Morgan fingerprint density at radius 3 is 2.62 bits per heavy atom. The lowest BCUT2D eigenvalue weighted by molar-refractivity contribution is 0.353. The number of halogens is 1. The molecule has 3 atom stereocenters. The van der Waals surface area contributed by atoms with E-state index in [9.17, 15) is 0 Å². The zero-order chi connectivity index (χ0) is 9.68. The topological polar surface area (TPSA) is 0 Å². The van der Waals surface area contributed by atoms with Crippen molar-refractivity contribution in [3.8, 4) is 0 Å². The number of rotatable bonds is 3. The average molecular weight is 203 g/mol. The lowest BCUT2D eigenvalue weighted by Crippen LogP contribution is -2.16. The normalized spacial score (nSPS) is 32.5. The van der Waals surface area contributed by atoms with E-state index in [0.717, 1.165) is 11.8 Å². The summed E-state index contributed by atoms with van der Waals surface area (Å²) in [4.78, 5) is 0. The van der Waals surface area contributed by atoms with Gasteiger partial charge in [-0.05, 0) is 31.1 Å². The van der Waals surface area contributed by atoms with Crippen LogP contribution in [0.25, 0.3) is 0 Å². The molecule has 1 rings (SSSR count). The summed E-state index contributed by atoms with van der Waals surface area (Å²) in [7, 11) is 0. The monoisotopic (exact) mass is 202 g/mol. The van der Waals surface area contributed by atoms with Crippen molar-refractivity contribution < 1.29 is 0 Å². The Kier molecular flexibility index (Phi) is 5.16. The zero-order valence-corrected chi connectivity index (χ0v) is 9.82. The van der Waals surface area contributed by atoms with Crippen LogP contribution in [0.1, 0.15) is 58.8 Å². The highest BCUT2D eigenvalue weighted by molar-refractivity contribution is 6.20. The lowest BCUT2D eigenvalue weighted by atomic mass is 9.88. The molecule has 1 heteroatoms. The van der Waals surface area contributed by atoms with Crippen molar-refractivity contribution in [3.05, 3.63) is 0 Å². The molecule has 1 aliphatic rings. The SMILES string of the molecule is CCC(C)CC1CCCCCC1Cl. The largest absolute Gasteiger partial charge is 0.123 e. The number of hydrogen-bond donors (Lipinski definition) is 0. The maximum absolute atomic E-state index is 6.39. The molecule has 13 heavy (non-hydrogen) atoms. The Bertz CT molecular complexity index is 133. The molecule has 0 radical (unpaired) electrons. The van der Waals surface area contributed by atoms with Crippen molar-refractivity contribution in [2.75, 3.05) is 0 Å². The van der Waals surface area contributed by atoms with E-state index in [4.69, 9.17) is 11.6 Å². The third-order valence-corrected chi connectivity index (χ3v) is 4.04. The molecule has 0 N–H and O–H groups in total. The maximum Gasteiger partial charge on any atom is 0.0364 e. The molecule has 0 spiro atoms. The second kappa shape index (κ2) is 5.90. The molecule has 78 valence electrons. The minimum Gasteiger partial charge on any atom is -0.123 e. The van der Waals surface area contributed by atoms with E-state index in [1.165, 1.54) is 44.9 Å². The predicted octanol–water partition coefficient (Wildman–Crippen LogP) is 4.61. The van der Waals surface area contributed by atoms with Gasteiger partial charge in [0.05, 0.1) is 0 Å². The van der Waals surface area contributed by atoms with E-state index in [1.54, 1.807) is 0 Å². The minimum absolute atomic E-state index is 0.469. The van der Waals surface area contributed by atoms with Gasteiger partial charge in [-0.15, -0.1) is 11.6 Å². The van der Waals surface area contributed by atoms with Crippen LogP contribution in [0.5, 0.6) is 0 Å². The molecule has 0 bridgehead atoms. The Balaban J connectivity index is 2.35. The highest BCUT2D eigenvalue weighted by Gasteiger charge is 2.22. The molecule has 0 nitrogen and oxygen atoms in total. The van der Waals surface area contributed by atoms with E-state index in [0.29, 0.717) is 5.38 Å². The van der Waals surface area contributed by atoms with E-state index in [2.05, 4.69) is 13.8 Å². The molecule has 3 unspecified atom stereocenters. The van der Waals surface area contributed by atoms with Gasteiger partial charge in [-0.25, -0.2) is 0 Å². The second-order valence-electron chi connectivity index (χ2n) is 4.66. The van der Waals surface area contributed by atoms with Crippen molar-refractivity contribution in [3.63, 3.8) is 0 Å². The summed E-state index contributed by atoms with van der Waals surface area (Å²) in [6.07, 6.45) is 9.45. The van der Waals surface area contributed by atoms with Crippen LogP contribution in [0.15, 0.2) is 0 Å². The summed E-state index contributed by atoms with van der Waals surface area (Å²) in [5, 5.41) is 0.469. The Morgan fingerprint density at radius 2 is 1.92 bits per heavy atom. The van der Waals surface area contributed by atoms with E-state index in [-0.39, 0.29) is 0 Å². The second-order valence-corrected chi connectivity index (χ2v) is 5.22. The molecular formula is C12H23Cl. The van der Waals surface area contributed by atoms with Gasteiger partial charge >= 0.3 is 0 Å². The molecule has 1 aliphatic carbocycles. The summed E-state index contributed by atoms with van der Waals surface area (Å²) in [6.45, 7) is 4.64. The summed E-state index contributed by atoms with van der Waals surface area (Å²) in [6, 6.07) is 0. The van der Waals surface area contributed by atoms with Gasteiger partial charge in [-0.3, -0.25) is 0 Å². The summed E-state index contributed by atoms with van der Waals surface area (Å²) in [5.74, 6) is 1.67. The van der Waals surface area contributed by atoms with Crippen LogP contribution in [0.2, 0.25) is 0 Å². The fourth-order valence-corrected chi connectivity index (χ4v) is 2.67. The van der Waals surface area contributed by atoms with Crippen molar-refractivity contribution in [2.24, 2.45) is 11.8 Å². The molecule has 1 saturated carbocycles. The smallest absolute Gasteiger partial charge is 0.0364 e. The van der Waals surface area contributed by atoms with Crippen LogP contribution >= 0.6 is 11.6 Å². The van der Waals surface area contributed by atoms with Gasteiger partial charge in [0.15, 0.2) is 0 Å². The lowest BCUT2D eigenvalue weighted by Gasteiger charge is -2.22. The van der Waals surface area contributed by atoms with E-state index in [1.807, 2.05) is 0 Å². The highest BCUT2D eigenvalue weighted by atomic mass is 35.5. The van der Waals surface area contributed by atoms with Crippen LogP contribution < -0.4 is 0 Å². The van der Waals surface area contributed by atoms with Crippen LogP contribution in [-0.4, -0.2) is 5.38 Å². The maximum atomic E-state index is 6.39. The van der Waals surface area contributed by atoms with Crippen molar-refractivity contribution in [1.82, 2.24) is 0 Å². The van der Waals surface area contributed by atoms with Crippen molar-refractivity contribution in [1.29, 1.82) is 0 Å². The first-order valence-corrected chi connectivity index (χ1v) is 6.31. The van der Waals surface area contributed by atoms with Gasteiger partial charge in [0.2, 0.25) is 0 Å². The molecule has 1 fully saturated rings. The van der Waals surface area contributed by atoms with E-state index >= 15 is 0 Å². The molecule has 0 aromatic heterocycles. The van der Waals surface area contributed by atoms with Gasteiger partial charge in [-0.2, -0.15) is 0 Å². The molecular weight excluding hydrogens is 180 g/mol. The first kappa shape index (κ1) is 11.4. The molecule has 0 aliphatic heterocycles. The molecule has 0 aromatic carbocycles. The van der Waals surface area contributed by atoms with Crippen LogP contribution in [0, 0.1) is 11.8 Å². The molecule has 0 heterocycles. The van der Waals surface area contributed by atoms with Crippen molar-refractivity contribution >= 4 is 11.6 Å². The summed E-state index contributed by atoms with van der Waals surface area (Å²) in [5.41, 5.74) is 0. The predicted molar refractivity (Wildman–Crippen MR) is 60.3 cm³/mol. The van der Waals surface area contributed by atoms with Gasteiger partial charge in [0.1, 0.15) is 0 Å². The first-order valence-electron chi connectivity index (χ1n) is 5.88.